The van der Waals surface area contributed by atoms with Crippen LogP contribution in [-0.4, -0.2) is 36.7 Å². The van der Waals surface area contributed by atoms with Crippen molar-refractivity contribution in [2.24, 2.45) is 0 Å². The highest BCUT2D eigenvalue weighted by atomic mass is 19.3. The van der Waals surface area contributed by atoms with Crippen LogP contribution in [-0.2, 0) is 19.1 Å². The Hall–Kier alpha value is -1.53. The average Bonchev–Trinajstić information content (AvgIpc) is 3.05. The number of cyclic esters (lactones) is 1. The minimum absolute atomic E-state index is 0.0798. The molecule has 0 aliphatic carbocycles. The molecule has 1 saturated heterocycles. The van der Waals surface area contributed by atoms with Crippen molar-refractivity contribution in [1.82, 2.24) is 5.32 Å². The van der Waals surface area contributed by atoms with Gasteiger partial charge in [-0.25, -0.2) is 4.79 Å². The topological polar surface area (TPSA) is 72.5 Å². The van der Waals surface area contributed by atoms with Gasteiger partial charge in [-0.15, -0.1) is 0 Å². The van der Waals surface area contributed by atoms with Gasteiger partial charge in [0.25, 0.3) is 5.91 Å². The van der Waals surface area contributed by atoms with Crippen molar-refractivity contribution < 1.29 is 27.9 Å². The van der Waals surface area contributed by atoms with Gasteiger partial charge in [0.05, 0.1) is 6.61 Å². The fourth-order valence-electron chi connectivity index (χ4n) is 2.14. The molecule has 0 saturated carbocycles. The number of nitrogens with one attached hydrogen (secondary N) is 1. The molecule has 1 amide bonds. The molecule has 1 fully saturated rings. The highest BCUT2D eigenvalue weighted by Gasteiger charge is 2.41. The summed E-state index contributed by atoms with van der Waals surface area (Å²) >= 11 is 0. The molecule has 1 N–H and O–H groups in total. The van der Waals surface area contributed by atoms with E-state index in [1.165, 1.54) is 51.4 Å². The maximum Gasteiger partial charge on any atom is 0.378 e. The quantitative estimate of drug-likeness (QED) is 0.264. The zero-order valence-electron chi connectivity index (χ0n) is 16.6. The maximum absolute atomic E-state index is 12.4. The second-order valence-electron chi connectivity index (χ2n) is 5.84. The predicted molar refractivity (Wildman–Crippen MR) is 98.1 cm³/mol. The molecule has 0 aromatic heterocycles. The van der Waals surface area contributed by atoms with Gasteiger partial charge in [-0.05, 0) is 0 Å². The van der Waals surface area contributed by atoms with Gasteiger partial charge in [-0.2, -0.15) is 8.78 Å². The molecule has 5 nitrogen and oxygen atoms in total. The normalized spacial score (nSPS) is 15.8. The van der Waals surface area contributed by atoms with Gasteiger partial charge < -0.3 is 10.1 Å². The second-order valence-corrected chi connectivity index (χ2v) is 5.84. The first-order valence-corrected chi connectivity index (χ1v) is 9.70. The number of rotatable bonds is 10. The van der Waals surface area contributed by atoms with E-state index in [-0.39, 0.29) is 13.0 Å². The summed E-state index contributed by atoms with van der Waals surface area (Å²) in [7, 11) is 0. The molecule has 1 atom stereocenters. The smallest absolute Gasteiger partial charge is 0.378 e. The van der Waals surface area contributed by atoms with Crippen molar-refractivity contribution in [2.45, 2.75) is 97.4 Å². The molecule has 1 aliphatic rings. The first-order chi connectivity index (χ1) is 12.4. The summed E-state index contributed by atoms with van der Waals surface area (Å²) in [4.78, 5) is 31.2. The van der Waals surface area contributed by atoms with Crippen molar-refractivity contribution in [1.29, 1.82) is 0 Å². The van der Waals surface area contributed by atoms with Crippen LogP contribution in [0, 0.1) is 0 Å². The lowest BCUT2D eigenvalue weighted by Gasteiger charge is -2.12. The second kappa shape index (κ2) is 16.9. The van der Waals surface area contributed by atoms with E-state index >= 15 is 0 Å². The number of alkyl halides is 2. The lowest BCUT2D eigenvalue weighted by Crippen LogP contribution is -2.47. The van der Waals surface area contributed by atoms with Gasteiger partial charge in [-0.3, -0.25) is 9.59 Å². The Morgan fingerprint density at radius 3 is 1.92 bits per heavy atom. The van der Waals surface area contributed by atoms with Gasteiger partial charge >= 0.3 is 11.9 Å². The molecule has 1 rings (SSSR count). The molecule has 1 heterocycles. The number of esters is 1. The zero-order valence-corrected chi connectivity index (χ0v) is 16.6. The Kier molecular flexibility index (Phi) is 17.4. The maximum atomic E-state index is 12.4. The number of carbonyl (C=O) groups is 3. The van der Waals surface area contributed by atoms with Crippen molar-refractivity contribution in [3.8, 4) is 0 Å². The molecule has 154 valence electrons. The zero-order chi connectivity index (χ0) is 20.4. The Morgan fingerprint density at radius 1 is 1.12 bits per heavy atom. The fraction of sp³-hybridized carbons (Fsp3) is 0.842. The van der Waals surface area contributed by atoms with Crippen LogP contribution in [0.25, 0.3) is 0 Å². The molecule has 0 aromatic carbocycles. The lowest BCUT2D eigenvalue weighted by atomic mass is 10.1. The van der Waals surface area contributed by atoms with E-state index in [0.717, 1.165) is 0 Å². The van der Waals surface area contributed by atoms with Crippen LogP contribution in [0.3, 0.4) is 0 Å². The predicted octanol–water partition coefficient (Wildman–Crippen LogP) is 4.43. The monoisotopic (exact) mass is 379 g/mol. The van der Waals surface area contributed by atoms with Crippen LogP contribution in [0.4, 0.5) is 8.78 Å². The summed E-state index contributed by atoms with van der Waals surface area (Å²) in [5.74, 6) is -6.64. The summed E-state index contributed by atoms with van der Waals surface area (Å²) in [6, 6.07) is -1.08. The van der Waals surface area contributed by atoms with E-state index in [1.807, 2.05) is 13.8 Å². The summed E-state index contributed by atoms with van der Waals surface area (Å²) < 4.78 is 29.2. The third-order valence-corrected chi connectivity index (χ3v) is 3.65. The standard InChI is InChI=1S/C10H22.C7H7F2NO4.C2H6/c1-3-5-7-9-10-8-6-4-2;8-7(9,3-11)6(13)10-4-1-2-14-5(4)12;1-2/h3-10H2,1-2H3;3-4H,1-2H2,(H,10,13);1-2H3. The minimum Gasteiger partial charge on any atom is -0.464 e. The molecule has 7 heteroatoms. The van der Waals surface area contributed by atoms with Crippen LogP contribution in [0.5, 0.6) is 0 Å². The average molecular weight is 379 g/mol. The van der Waals surface area contributed by atoms with Gasteiger partial charge in [0.2, 0.25) is 0 Å². The number of carbonyl (C=O) groups excluding carboxylic acids is 3. The molecule has 1 aliphatic heterocycles. The Balaban J connectivity index is 0. The first kappa shape index (κ1) is 26.7. The van der Waals surface area contributed by atoms with Crippen molar-refractivity contribution >= 4 is 18.2 Å². The first-order valence-electron chi connectivity index (χ1n) is 9.70. The number of aldehydes is 1. The van der Waals surface area contributed by atoms with Crippen molar-refractivity contribution in [2.75, 3.05) is 6.61 Å². The molecule has 0 radical (unpaired) electrons. The van der Waals surface area contributed by atoms with E-state index in [0.29, 0.717) is 0 Å². The Labute approximate surface area is 156 Å². The van der Waals surface area contributed by atoms with Crippen LogP contribution in [0.15, 0.2) is 0 Å². The van der Waals surface area contributed by atoms with Gasteiger partial charge in [0.1, 0.15) is 6.04 Å². The van der Waals surface area contributed by atoms with Gasteiger partial charge in [-0.1, -0.05) is 79.1 Å². The number of hydrogen-bond donors (Lipinski definition) is 1. The SMILES string of the molecule is CC.CCCCCCCCCC.O=CC(F)(F)C(=O)NC1CCOC1=O. The van der Waals surface area contributed by atoms with Crippen LogP contribution < -0.4 is 5.32 Å². The van der Waals surface area contributed by atoms with E-state index < -0.39 is 30.1 Å². The van der Waals surface area contributed by atoms with E-state index in [4.69, 9.17) is 0 Å². The Bertz CT molecular complexity index is 382. The highest BCUT2D eigenvalue weighted by molar-refractivity contribution is 5.99. The molecule has 26 heavy (non-hydrogen) atoms. The number of unbranched alkanes of at least 4 members (excludes halogenated alkanes) is 7. The van der Waals surface area contributed by atoms with Gasteiger partial charge in [0.15, 0.2) is 6.29 Å². The van der Waals surface area contributed by atoms with Crippen LogP contribution in [0.1, 0.15) is 85.5 Å². The summed E-state index contributed by atoms with van der Waals surface area (Å²) in [6.07, 6.45) is 10.8. The molecule has 1 unspecified atom stereocenters. The lowest BCUT2D eigenvalue weighted by molar-refractivity contribution is -0.153. The number of amides is 1. The number of ether oxygens (including phenoxy) is 1. The highest BCUT2D eigenvalue weighted by Crippen LogP contribution is 2.12. The third-order valence-electron chi connectivity index (χ3n) is 3.65. The number of halogens is 2. The molecular formula is C19H35F2NO4. The largest absolute Gasteiger partial charge is 0.464 e. The Morgan fingerprint density at radius 2 is 1.58 bits per heavy atom. The van der Waals surface area contributed by atoms with Crippen molar-refractivity contribution in [3.63, 3.8) is 0 Å². The summed E-state index contributed by atoms with van der Waals surface area (Å²) in [5.41, 5.74) is 0. The van der Waals surface area contributed by atoms with E-state index in [1.54, 1.807) is 5.32 Å². The molecular weight excluding hydrogens is 344 g/mol. The summed E-state index contributed by atoms with van der Waals surface area (Å²) in [6.45, 7) is 8.62. The van der Waals surface area contributed by atoms with E-state index in [9.17, 15) is 23.2 Å². The fourth-order valence-corrected chi connectivity index (χ4v) is 2.14. The molecule has 0 spiro atoms. The molecule has 0 bridgehead atoms. The van der Waals surface area contributed by atoms with Gasteiger partial charge in [0, 0.05) is 6.42 Å². The summed E-state index contributed by atoms with van der Waals surface area (Å²) in [5, 5.41) is 1.73. The molecule has 0 aromatic rings. The minimum atomic E-state index is -4.09. The third kappa shape index (κ3) is 12.8. The van der Waals surface area contributed by atoms with Crippen molar-refractivity contribution in [3.05, 3.63) is 0 Å². The number of hydrogen-bond acceptors (Lipinski definition) is 4. The van der Waals surface area contributed by atoms with Crippen LogP contribution in [0.2, 0.25) is 0 Å². The van der Waals surface area contributed by atoms with E-state index in [2.05, 4.69) is 18.6 Å². The van der Waals surface area contributed by atoms with Crippen LogP contribution >= 0.6 is 0 Å².